The van der Waals surface area contributed by atoms with Crippen LogP contribution in [0.1, 0.15) is 46.1 Å². The molecule has 1 aromatic carbocycles. The number of allylic oxidation sites excluding steroid dienone is 1. The van der Waals surface area contributed by atoms with Crippen LogP contribution in [0.3, 0.4) is 0 Å². The van der Waals surface area contributed by atoms with E-state index in [1.807, 2.05) is 31.2 Å². The first-order chi connectivity index (χ1) is 9.90. The fourth-order valence-electron chi connectivity index (χ4n) is 4.10. The van der Waals surface area contributed by atoms with Gasteiger partial charge in [0.15, 0.2) is 5.78 Å². The fourth-order valence-corrected chi connectivity index (χ4v) is 4.10. The monoisotopic (exact) mass is 284 g/mol. The highest BCUT2D eigenvalue weighted by molar-refractivity contribution is 6.07. The normalized spacial score (nSPS) is 31.9. The number of ether oxygens (including phenoxy) is 1. The van der Waals surface area contributed by atoms with Gasteiger partial charge in [-0.2, -0.15) is 0 Å². The third-order valence-corrected chi connectivity index (χ3v) is 5.88. The van der Waals surface area contributed by atoms with Gasteiger partial charge in [0.1, 0.15) is 5.75 Å². The summed E-state index contributed by atoms with van der Waals surface area (Å²) in [5.41, 5.74) is 2.03. The average molecular weight is 284 g/mol. The number of carbonyl (C=O) groups is 1. The Morgan fingerprint density at radius 1 is 1.24 bits per heavy atom. The molecule has 2 bridgehead atoms. The lowest BCUT2D eigenvalue weighted by atomic mass is 9.70. The first-order valence-corrected chi connectivity index (χ1v) is 7.89. The minimum Gasteiger partial charge on any atom is -0.494 e. The third-order valence-electron chi connectivity index (χ3n) is 5.88. The van der Waals surface area contributed by atoms with Crippen LogP contribution in [-0.2, 0) is 4.79 Å². The van der Waals surface area contributed by atoms with Crippen molar-refractivity contribution in [3.05, 3.63) is 35.4 Å². The number of hydrogen-bond acceptors (Lipinski definition) is 2. The number of benzene rings is 1. The summed E-state index contributed by atoms with van der Waals surface area (Å²) < 4.78 is 5.46. The molecule has 2 aliphatic carbocycles. The van der Waals surface area contributed by atoms with Crippen LogP contribution in [0.2, 0.25) is 0 Å². The largest absolute Gasteiger partial charge is 0.494 e. The van der Waals surface area contributed by atoms with Crippen LogP contribution in [0.5, 0.6) is 5.75 Å². The second-order valence-electron chi connectivity index (χ2n) is 7.08. The van der Waals surface area contributed by atoms with E-state index in [0.717, 1.165) is 29.7 Å². The summed E-state index contributed by atoms with van der Waals surface area (Å²) in [4.78, 5) is 12.8. The second-order valence-corrected chi connectivity index (χ2v) is 7.08. The lowest BCUT2D eigenvalue weighted by Crippen LogP contribution is -2.32. The van der Waals surface area contributed by atoms with Gasteiger partial charge in [-0.25, -0.2) is 0 Å². The van der Waals surface area contributed by atoms with E-state index >= 15 is 0 Å². The first kappa shape index (κ1) is 14.4. The van der Waals surface area contributed by atoms with Crippen LogP contribution in [0.15, 0.2) is 29.8 Å². The third kappa shape index (κ3) is 1.96. The van der Waals surface area contributed by atoms with Crippen LogP contribution >= 0.6 is 0 Å². The highest BCUT2D eigenvalue weighted by Gasteiger charge is 2.63. The molecule has 21 heavy (non-hydrogen) atoms. The summed E-state index contributed by atoms with van der Waals surface area (Å²) in [7, 11) is 0. The van der Waals surface area contributed by atoms with Crippen LogP contribution in [0, 0.1) is 16.7 Å². The Hall–Kier alpha value is -1.57. The molecular weight excluding hydrogens is 260 g/mol. The van der Waals surface area contributed by atoms with Crippen LogP contribution in [0.4, 0.5) is 0 Å². The van der Waals surface area contributed by atoms with E-state index in [1.165, 1.54) is 0 Å². The van der Waals surface area contributed by atoms with Crippen LogP contribution in [0.25, 0.3) is 6.08 Å². The van der Waals surface area contributed by atoms with E-state index in [0.29, 0.717) is 18.3 Å². The molecule has 3 rings (SSSR count). The Kier molecular flexibility index (Phi) is 3.23. The number of Topliss-reactive ketones (excluding diaryl/α,β-unsaturated/α-hetero) is 1. The summed E-state index contributed by atoms with van der Waals surface area (Å²) in [6, 6.07) is 8.01. The van der Waals surface area contributed by atoms with E-state index in [-0.39, 0.29) is 10.8 Å². The molecule has 0 aliphatic heterocycles. The lowest BCUT2D eigenvalue weighted by molar-refractivity contribution is -0.125. The Morgan fingerprint density at radius 3 is 2.43 bits per heavy atom. The molecule has 2 aliphatic rings. The predicted molar refractivity (Wildman–Crippen MR) is 85.2 cm³/mol. The number of ketones is 1. The topological polar surface area (TPSA) is 26.3 Å². The Morgan fingerprint density at radius 2 is 1.90 bits per heavy atom. The van der Waals surface area contributed by atoms with Gasteiger partial charge in [0.05, 0.1) is 6.61 Å². The Balaban J connectivity index is 1.92. The summed E-state index contributed by atoms with van der Waals surface area (Å²) in [6.07, 6.45) is 4.26. The summed E-state index contributed by atoms with van der Waals surface area (Å²) in [5.74, 6) is 1.64. The van der Waals surface area contributed by atoms with E-state index in [4.69, 9.17) is 4.74 Å². The molecule has 0 spiro atoms. The van der Waals surface area contributed by atoms with Gasteiger partial charge >= 0.3 is 0 Å². The molecule has 0 heterocycles. The van der Waals surface area contributed by atoms with Crippen LogP contribution < -0.4 is 4.74 Å². The SMILES string of the molecule is CCOc1ccc(/C=C2\C(=O)C3(C)CCC2C3(C)C)cc1. The molecule has 0 amide bonds. The maximum Gasteiger partial charge on any atom is 0.165 e. The van der Waals surface area contributed by atoms with Crippen molar-refractivity contribution in [2.24, 2.45) is 16.7 Å². The van der Waals surface area contributed by atoms with Crippen molar-refractivity contribution < 1.29 is 9.53 Å². The molecule has 112 valence electrons. The van der Waals surface area contributed by atoms with Gasteiger partial charge in [-0.15, -0.1) is 0 Å². The van der Waals surface area contributed by atoms with E-state index in [9.17, 15) is 4.79 Å². The van der Waals surface area contributed by atoms with Gasteiger partial charge in [0.2, 0.25) is 0 Å². The van der Waals surface area contributed by atoms with Crippen molar-refractivity contribution in [2.45, 2.75) is 40.5 Å². The molecule has 2 saturated carbocycles. The number of carbonyl (C=O) groups excluding carboxylic acids is 1. The minimum absolute atomic E-state index is 0.0845. The van der Waals surface area contributed by atoms with Gasteiger partial charge in [0.25, 0.3) is 0 Å². The first-order valence-electron chi connectivity index (χ1n) is 7.89. The predicted octanol–water partition coefficient (Wildman–Crippen LogP) is 4.49. The van der Waals surface area contributed by atoms with Crippen molar-refractivity contribution in [3.8, 4) is 5.75 Å². The zero-order chi connectivity index (χ0) is 15.3. The van der Waals surface area contributed by atoms with E-state index in [2.05, 4.69) is 26.8 Å². The molecule has 0 saturated heterocycles. The van der Waals surface area contributed by atoms with Crippen molar-refractivity contribution in [1.29, 1.82) is 0 Å². The van der Waals surface area contributed by atoms with Gasteiger partial charge in [-0.1, -0.05) is 32.9 Å². The highest BCUT2D eigenvalue weighted by atomic mass is 16.5. The van der Waals surface area contributed by atoms with Gasteiger partial charge in [0, 0.05) is 5.41 Å². The quantitative estimate of drug-likeness (QED) is 0.764. The van der Waals surface area contributed by atoms with Gasteiger partial charge in [-0.3, -0.25) is 4.79 Å². The average Bonchev–Trinajstić information content (AvgIpc) is 2.75. The number of hydrogen-bond donors (Lipinski definition) is 0. The number of fused-ring (bicyclic) bond motifs is 2. The van der Waals surface area contributed by atoms with Crippen molar-refractivity contribution >= 4 is 11.9 Å². The maximum atomic E-state index is 12.8. The molecule has 2 unspecified atom stereocenters. The van der Waals surface area contributed by atoms with Crippen molar-refractivity contribution in [2.75, 3.05) is 6.61 Å². The molecule has 0 radical (unpaired) electrons. The molecule has 2 heteroatoms. The Labute approximate surface area is 127 Å². The summed E-state index contributed by atoms with van der Waals surface area (Å²) in [5, 5.41) is 0. The van der Waals surface area contributed by atoms with Crippen molar-refractivity contribution in [1.82, 2.24) is 0 Å². The maximum absolute atomic E-state index is 12.8. The summed E-state index contributed by atoms with van der Waals surface area (Å²) >= 11 is 0. The van der Waals surface area contributed by atoms with Crippen molar-refractivity contribution in [3.63, 3.8) is 0 Å². The minimum atomic E-state index is -0.172. The molecule has 2 fully saturated rings. The molecule has 0 N–H and O–H groups in total. The zero-order valence-electron chi connectivity index (χ0n) is 13.4. The Bertz CT molecular complexity index is 594. The lowest BCUT2D eigenvalue weighted by Gasteiger charge is -2.31. The molecule has 2 atom stereocenters. The summed E-state index contributed by atoms with van der Waals surface area (Å²) in [6.45, 7) is 9.30. The smallest absolute Gasteiger partial charge is 0.165 e. The zero-order valence-corrected chi connectivity index (χ0v) is 13.4. The molecule has 0 aromatic heterocycles. The fraction of sp³-hybridized carbons (Fsp3) is 0.526. The number of rotatable bonds is 3. The molecule has 1 aromatic rings. The van der Waals surface area contributed by atoms with E-state index < -0.39 is 0 Å². The van der Waals surface area contributed by atoms with E-state index in [1.54, 1.807) is 0 Å². The molecule has 2 nitrogen and oxygen atoms in total. The van der Waals surface area contributed by atoms with Gasteiger partial charge < -0.3 is 4.74 Å². The molecular formula is C19H24O2. The van der Waals surface area contributed by atoms with Gasteiger partial charge in [-0.05, 0) is 60.4 Å². The standard InChI is InChI=1S/C19H24O2/c1-5-21-14-8-6-13(7-9-14)12-15-16-10-11-19(4,17(15)20)18(16,2)3/h6-9,12,16H,5,10-11H2,1-4H3/b15-12-. The highest BCUT2D eigenvalue weighted by Crippen LogP contribution is 2.65. The van der Waals surface area contributed by atoms with Crippen LogP contribution in [-0.4, -0.2) is 12.4 Å². The second kappa shape index (κ2) is 4.72.